The van der Waals surface area contributed by atoms with E-state index in [1.807, 2.05) is 44.2 Å². The lowest BCUT2D eigenvalue weighted by molar-refractivity contribution is -0.192. The van der Waals surface area contributed by atoms with Gasteiger partial charge in [-0.05, 0) is 63.6 Å². The number of unbranched alkanes of at least 4 members (excludes halogenated alkanes) is 3. The van der Waals surface area contributed by atoms with Crippen LogP contribution in [0.5, 0.6) is 5.75 Å². The summed E-state index contributed by atoms with van der Waals surface area (Å²) in [5.41, 5.74) is 9.70. The number of alkyl halides is 3. The van der Waals surface area contributed by atoms with Crippen LogP contribution in [0, 0.1) is 18.3 Å². The summed E-state index contributed by atoms with van der Waals surface area (Å²) < 4.78 is 39.0. The zero-order chi connectivity index (χ0) is 27.4. The van der Waals surface area contributed by atoms with Crippen molar-refractivity contribution in [2.24, 2.45) is 5.73 Å². The molecule has 9 nitrogen and oxygen atoms in total. The van der Waals surface area contributed by atoms with Crippen molar-refractivity contribution in [3.05, 3.63) is 47.7 Å². The van der Waals surface area contributed by atoms with E-state index < -0.39 is 12.1 Å². The quantitative estimate of drug-likeness (QED) is 0.253. The number of aliphatic carboxylic acids is 1. The molecule has 0 atom stereocenters. The number of aromatic nitrogens is 2. The number of rotatable bonds is 11. The molecule has 3 rings (SSSR count). The van der Waals surface area contributed by atoms with Crippen molar-refractivity contribution in [1.29, 1.82) is 5.26 Å². The number of halogens is 3. The SMILES string of the molecule is CCOc1ccc(Nc2c(C)c(NCCCCCCN)c(C#N)c3ccnn23)cc1.O=C(O)C(F)(F)F. The van der Waals surface area contributed by atoms with Gasteiger partial charge in [0.25, 0.3) is 0 Å². The third kappa shape index (κ3) is 8.28. The van der Waals surface area contributed by atoms with E-state index in [4.69, 9.17) is 20.4 Å². The smallest absolute Gasteiger partial charge is 0.490 e. The number of ether oxygens (including phenoxy) is 1. The number of nitriles is 1. The fourth-order valence-electron chi connectivity index (χ4n) is 3.52. The molecule has 0 bridgehead atoms. The van der Waals surface area contributed by atoms with Crippen molar-refractivity contribution in [2.75, 3.05) is 30.3 Å². The third-order valence-corrected chi connectivity index (χ3v) is 5.31. The maximum Gasteiger partial charge on any atom is 0.490 e. The Kier molecular flexibility index (Phi) is 11.0. The zero-order valence-electron chi connectivity index (χ0n) is 20.7. The van der Waals surface area contributed by atoms with E-state index in [-0.39, 0.29) is 0 Å². The molecule has 0 spiro atoms. The van der Waals surface area contributed by atoms with Crippen LogP contribution < -0.4 is 21.1 Å². The van der Waals surface area contributed by atoms with Crippen molar-refractivity contribution >= 4 is 28.7 Å². The molecule has 1 aromatic carbocycles. The fourth-order valence-corrected chi connectivity index (χ4v) is 3.52. The van der Waals surface area contributed by atoms with E-state index in [2.05, 4.69) is 21.8 Å². The molecule has 5 N–H and O–H groups in total. The number of carbonyl (C=O) groups is 1. The number of anilines is 3. The minimum Gasteiger partial charge on any atom is -0.494 e. The third-order valence-electron chi connectivity index (χ3n) is 5.31. The fraction of sp³-hybridized carbons (Fsp3) is 0.400. The number of pyridine rings is 1. The molecule has 0 amide bonds. The van der Waals surface area contributed by atoms with Crippen LogP contribution in [0.15, 0.2) is 36.5 Å². The Hall–Kier alpha value is -3.98. The highest BCUT2D eigenvalue weighted by Crippen LogP contribution is 2.33. The minimum absolute atomic E-state index is 0.615. The van der Waals surface area contributed by atoms with E-state index in [9.17, 15) is 18.4 Å². The van der Waals surface area contributed by atoms with E-state index >= 15 is 0 Å². The molecule has 2 aromatic heterocycles. The summed E-state index contributed by atoms with van der Waals surface area (Å²) in [5.74, 6) is -1.09. The van der Waals surface area contributed by atoms with Gasteiger partial charge in [0.2, 0.25) is 0 Å². The summed E-state index contributed by atoms with van der Waals surface area (Å²) in [6, 6.07) is 12.0. The molecule has 0 aliphatic rings. The molecule has 0 aliphatic carbocycles. The van der Waals surface area contributed by atoms with Crippen molar-refractivity contribution in [3.63, 3.8) is 0 Å². The number of carboxylic acids is 1. The van der Waals surface area contributed by atoms with Gasteiger partial charge >= 0.3 is 12.1 Å². The Bertz CT molecular complexity index is 1200. The molecule has 0 unspecified atom stereocenters. The van der Waals surface area contributed by atoms with Gasteiger partial charge in [0.05, 0.1) is 24.0 Å². The van der Waals surface area contributed by atoms with E-state index in [1.165, 1.54) is 0 Å². The van der Waals surface area contributed by atoms with Gasteiger partial charge in [-0.1, -0.05) is 12.8 Å². The van der Waals surface area contributed by atoms with Crippen molar-refractivity contribution in [1.82, 2.24) is 9.61 Å². The molecular weight excluding hydrogens is 489 g/mol. The van der Waals surface area contributed by atoms with Crippen LogP contribution in [0.4, 0.5) is 30.4 Å². The standard InChI is InChI=1S/C23H30N6O.C2HF3O2/c1-3-30-19-10-8-18(9-11-19)28-23-17(2)22(26-14-7-5-4-6-13-24)20(16-25)21-12-15-27-29(21)23;3-2(4,5)1(6)7/h8-12,15,26,28H,3-7,13-14,24H2,1-2H3;(H,6,7). The summed E-state index contributed by atoms with van der Waals surface area (Å²) in [4.78, 5) is 8.90. The van der Waals surface area contributed by atoms with Crippen LogP contribution >= 0.6 is 0 Å². The average molecular weight is 521 g/mol. The van der Waals surface area contributed by atoms with Crippen LogP contribution in [0.1, 0.15) is 43.7 Å². The first-order valence-corrected chi connectivity index (χ1v) is 11.8. The normalized spacial score (nSPS) is 10.8. The summed E-state index contributed by atoms with van der Waals surface area (Å²) in [5, 5.41) is 28.3. The second-order valence-electron chi connectivity index (χ2n) is 7.98. The number of nitrogens with one attached hydrogen (secondary N) is 2. The maximum absolute atomic E-state index is 10.6. The first kappa shape index (κ1) is 29.3. The van der Waals surface area contributed by atoms with Gasteiger partial charge in [-0.25, -0.2) is 9.31 Å². The molecule has 0 aliphatic heterocycles. The van der Waals surface area contributed by atoms with Gasteiger partial charge in [-0.2, -0.15) is 23.5 Å². The number of hydrogen-bond donors (Lipinski definition) is 4. The van der Waals surface area contributed by atoms with Crippen LogP contribution in [-0.4, -0.2) is 46.6 Å². The zero-order valence-corrected chi connectivity index (χ0v) is 20.7. The molecule has 0 fully saturated rings. The van der Waals surface area contributed by atoms with E-state index in [1.54, 1.807) is 10.7 Å². The highest BCUT2D eigenvalue weighted by molar-refractivity contribution is 5.82. The molecule has 0 radical (unpaired) electrons. The van der Waals surface area contributed by atoms with Gasteiger partial charge in [0, 0.05) is 17.8 Å². The van der Waals surface area contributed by atoms with Crippen LogP contribution in [0.25, 0.3) is 5.52 Å². The Morgan fingerprint density at radius 1 is 1.19 bits per heavy atom. The minimum atomic E-state index is -5.08. The van der Waals surface area contributed by atoms with Crippen molar-refractivity contribution in [3.8, 4) is 11.8 Å². The molecule has 0 saturated carbocycles. The highest BCUT2D eigenvalue weighted by Gasteiger charge is 2.38. The first-order chi connectivity index (χ1) is 17.6. The van der Waals surface area contributed by atoms with Gasteiger partial charge in [-0.3, -0.25) is 0 Å². The molecule has 3 aromatic rings. The van der Waals surface area contributed by atoms with Gasteiger partial charge < -0.3 is 26.2 Å². The molecule has 2 heterocycles. The number of benzene rings is 1. The van der Waals surface area contributed by atoms with Gasteiger partial charge in [-0.15, -0.1) is 0 Å². The first-order valence-electron chi connectivity index (χ1n) is 11.8. The molecular formula is C25H31F3N6O3. The van der Waals surface area contributed by atoms with Crippen LogP contribution in [0.2, 0.25) is 0 Å². The summed E-state index contributed by atoms with van der Waals surface area (Å²) in [6.45, 7) is 6.16. The summed E-state index contributed by atoms with van der Waals surface area (Å²) in [7, 11) is 0. The second-order valence-corrected chi connectivity index (χ2v) is 7.98. The average Bonchev–Trinajstić information content (AvgIpc) is 3.34. The van der Waals surface area contributed by atoms with Gasteiger partial charge in [0.15, 0.2) is 0 Å². The number of nitrogens with zero attached hydrogens (tertiary/aromatic N) is 3. The van der Waals surface area contributed by atoms with Gasteiger partial charge in [0.1, 0.15) is 23.2 Å². The largest absolute Gasteiger partial charge is 0.494 e. The maximum atomic E-state index is 10.6. The Balaban J connectivity index is 0.000000604. The Labute approximate surface area is 213 Å². The Morgan fingerprint density at radius 2 is 1.84 bits per heavy atom. The summed E-state index contributed by atoms with van der Waals surface area (Å²) in [6.07, 6.45) is 0.984. The number of fused-ring (bicyclic) bond motifs is 1. The second kappa shape index (κ2) is 13.9. The molecule has 0 saturated heterocycles. The van der Waals surface area contributed by atoms with E-state index in [0.29, 0.717) is 12.2 Å². The lowest BCUT2D eigenvalue weighted by atomic mass is 10.1. The van der Waals surface area contributed by atoms with Crippen molar-refractivity contribution in [2.45, 2.75) is 45.7 Å². The van der Waals surface area contributed by atoms with Crippen molar-refractivity contribution < 1.29 is 27.8 Å². The number of nitrogens with two attached hydrogens (primary N) is 1. The topological polar surface area (TPSA) is 138 Å². The number of hydrogen-bond acceptors (Lipinski definition) is 7. The highest BCUT2D eigenvalue weighted by atomic mass is 19.4. The van der Waals surface area contributed by atoms with Crippen LogP contribution in [-0.2, 0) is 4.79 Å². The predicted molar refractivity (Wildman–Crippen MR) is 135 cm³/mol. The van der Waals surface area contributed by atoms with Crippen LogP contribution in [0.3, 0.4) is 0 Å². The Morgan fingerprint density at radius 3 is 2.41 bits per heavy atom. The predicted octanol–water partition coefficient (Wildman–Crippen LogP) is 5.22. The molecule has 12 heteroatoms. The molecule has 200 valence electrons. The monoisotopic (exact) mass is 520 g/mol. The lowest BCUT2D eigenvalue weighted by Crippen LogP contribution is -2.21. The number of carboxylic acid groups (broad SMARTS) is 1. The lowest BCUT2D eigenvalue weighted by Gasteiger charge is -2.18. The molecule has 37 heavy (non-hydrogen) atoms. The summed E-state index contributed by atoms with van der Waals surface area (Å²) >= 11 is 0. The van der Waals surface area contributed by atoms with E-state index in [0.717, 1.165) is 72.8 Å².